The molecule has 3 aromatic rings. The number of anilines is 1. The summed E-state index contributed by atoms with van der Waals surface area (Å²) in [5.41, 5.74) is 5.72. The number of carboxylic acid groups (broad SMARTS) is 1. The lowest BCUT2D eigenvalue weighted by Crippen LogP contribution is -2.44. The van der Waals surface area contributed by atoms with Gasteiger partial charge >= 0.3 is 5.97 Å². The van der Waals surface area contributed by atoms with Crippen molar-refractivity contribution in [2.45, 2.75) is 33.7 Å². The van der Waals surface area contributed by atoms with E-state index < -0.39 is 17.9 Å². The molecule has 0 unspecified atom stereocenters. The van der Waals surface area contributed by atoms with E-state index in [9.17, 15) is 19.5 Å². The molecule has 33 heavy (non-hydrogen) atoms. The molecule has 0 fully saturated rings. The third-order valence-corrected chi connectivity index (χ3v) is 5.61. The Morgan fingerprint density at radius 1 is 0.727 bits per heavy atom. The number of amides is 2. The predicted molar refractivity (Wildman–Crippen MR) is 129 cm³/mol. The van der Waals surface area contributed by atoms with E-state index >= 15 is 0 Å². The molecule has 0 radical (unpaired) electrons. The van der Waals surface area contributed by atoms with E-state index in [1.807, 2.05) is 68.4 Å². The lowest BCUT2D eigenvalue weighted by Gasteiger charge is -2.18. The van der Waals surface area contributed by atoms with Gasteiger partial charge in [-0.15, -0.1) is 0 Å². The highest BCUT2D eigenvalue weighted by atomic mass is 16.4. The van der Waals surface area contributed by atoms with E-state index in [-0.39, 0.29) is 11.8 Å². The van der Waals surface area contributed by atoms with Crippen molar-refractivity contribution in [2.75, 3.05) is 5.32 Å². The Labute approximate surface area is 193 Å². The molecule has 0 aliphatic carbocycles. The summed E-state index contributed by atoms with van der Waals surface area (Å²) in [6, 6.07) is 19.1. The van der Waals surface area contributed by atoms with Crippen molar-refractivity contribution in [3.05, 3.63) is 89.0 Å². The maximum Gasteiger partial charge on any atom is 0.326 e. The molecule has 3 N–H and O–H groups in total. The fraction of sp³-hybridized carbons (Fsp3) is 0.222. The zero-order chi connectivity index (χ0) is 24.1. The second kappa shape index (κ2) is 10.1. The van der Waals surface area contributed by atoms with Crippen LogP contribution in [0.3, 0.4) is 0 Å². The Kier molecular flexibility index (Phi) is 7.28. The lowest BCUT2D eigenvalue weighted by molar-refractivity contribution is -0.140. The number of benzene rings is 3. The van der Waals surface area contributed by atoms with Gasteiger partial charge in [-0.3, -0.25) is 9.59 Å². The van der Waals surface area contributed by atoms with Crippen LogP contribution in [0, 0.1) is 19.8 Å². The van der Waals surface area contributed by atoms with Gasteiger partial charge in [0.1, 0.15) is 6.04 Å². The molecule has 0 aliphatic rings. The van der Waals surface area contributed by atoms with Crippen molar-refractivity contribution in [1.29, 1.82) is 0 Å². The highest BCUT2D eigenvalue weighted by Gasteiger charge is 2.23. The fourth-order valence-corrected chi connectivity index (χ4v) is 3.38. The summed E-state index contributed by atoms with van der Waals surface area (Å²) < 4.78 is 0. The molecular weight excluding hydrogens is 416 g/mol. The zero-order valence-corrected chi connectivity index (χ0v) is 19.2. The van der Waals surface area contributed by atoms with Gasteiger partial charge in [0, 0.05) is 16.8 Å². The molecule has 3 rings (SSSR count). The predicted octanol–water partition coefficient (Wildman–Crippen LogP) is 5.06. The van der Waals surface area contributed by atoms with Gasteiger partial charge in [-0.1, -0.05) is 44.2 Å². The Bertz CT molecular complexity index is 1170. The smallest absolute Gasteiger partial charge is 0.326 e. The standard InChI is InChI=1S/C27H28N2O4/c1-16(2)24(27(32)33)29-25(30)21-9-7-19(8-10-21)20-11-13-23(14-12-20)28-26(31)22-6-5-17(3)18(4)15-22/h5-16,24H,1-4H3,(H,28,31)(H,29,30)(H,32,33)/t24-/m1/s1. The average molecular weight is 445 g/mol. The molecule has 1 atom stereocenters. The minimum atomic E-state index is -1.06. The van der Waals surface area contributed by atoms with Crippen molar-refractivity contribution in [3.63, 3.8) is 0 Å². The number of hydrogen-bond donors (Lipinski definition) is 3. The van der Waals surface area contributed by atoms with E-state index in [0.717, 1.165) is 22.3 Å². The molecule has 0 bridgehead atoms. The Morgan fingerprint density at radius 3 is 1.79 bits per heavy atom. The van der Waals surface area contributed by atoms with Crippen LogP contribution in [0.25, 0.3) is 11.1 Å². The van der Waals surface area contributed by atoms with E-state index in [2.05, 4.69) is 10.6 Å². The zero-order valence-electron chi connectivity index (χ0n) is 19.2. The molecular formula is C27H28N2O4. The normalized spacial score (nSPS) is 11.7. The topological polar surface area (TPSA) is 95.5 Å². The van der Waals surface area contributed by atoms with Crippen molar-refractivity contribution in [3.8, 4) is 11.1 Å². The lowest BCUT2D eigenvalue weighted by atomic mass is 10.0. The number of hydrogen-bond acceptors (Lipinski definition) is 3. The molecule has 0 spiro atoms. The Balaban J connectivity index is 1.67. The number of carbonyl (C=O) groups is 3. The average Bonchev–Trinajstić information content (AvgIpc) is 2.79. The molecule has 6 heteroatoms. The van der Waals surface area contributed by atoms with Gasteiger partial charge in [0.2, 0.25) is 0 Å². The number of aliphatic carboxylic acids is 1. The van der Waals surface area contributed by atoms with Crippen LogP contribution >= 0.6 is 0 Å². The largest absolute Gasteiger partial charge is 0.480 e. The quantitative estimate of drug-likeness (QED) is 0.475. The summed E-state index contributed by atoms with van der Waals surface area (Å²) in [4.78, 5) is 36.2. The molecule has 170 valence electrons. The summed E-state index contributed by atoms with van der Waals surface area (Å²) in [5.74, 6) is -1.87. The minimum absolute atomic E-state index is 0.165. The Morgan fingerprint density at radius 2 is 1.27 bits per heavy atom. The summed E-state index contributed by atoms with van der Waals surface area (Å²) >= 11 is 0. The van der Waals surface area contributed by atoms with Crippen molar-refractivity contribution in [2.24, 2.45) is 5.92 Å². The fourth-order valence-electron chi connectivity index (χ4n) is 3.38. The molecule has 2 amide bonds. The van der Waals surface area contributed by atoms with Crippen molar-refractivity contribution >= 4 is 23.5 Å². The Hall–Kier alpha value is -3.93. The first kappa shape index (κ1) is 23.7. The second-order valence-electron chi connectivity index (χ2n) is 8.44. The number of carbonyl (C=O) groups excluding carboxylic acids is 2. The molecule has 0 saturated carbocycles. The van der Waals surface area contributed by atoms with Crippen LogP contribution in [0.4, 0.5) is 5.69 Å². The summed E-state index contributed by atoms with van der Waals surface area (Å²) in [6.45, 7) is 7.48. The van der Waals surface area contributed by atoms with Crippen LogP contribution in [0.2, 0.25) is 0 Å². The third kappa shape index (κ3) is 5.86. The van der Waals surface area contributed by atoms with Crippen LogP contribution in [0.15, 0.2) is 66.7 Å². The van der Waals surface area contributed by atoms with Crippen molar-refractivity contribution in [1.82, 2.24) is 5.32 Å². The van der Waals surface area contributed by atoms with Crippen LogP contribution in [-0.4, -0.2) is 28.9 Å². The summed E-state index contributed by atoms with van der Waals surface area (Å²) in [5, 5.41) is 14.7. The van der Waals surface area contributed by atoms with Gasteiger partial charge in [-0.05, 0) is 78.4 Å². The number of aryl methyl sites for hydroxylation is 2. The highest BCUT2D eigenvalue weighted by molar-refractivity contribution is 6.04. The molecule has 0 aliphatic heterocycles. The van der Waals surface area contributed by atoms with Gasteiger partial charge in [-0.2, -0.15) is 0 Å². The molecule has 0 aromatic heterocycles. The first-order valence-corrected chi connectivity index (χ1v) is 10.8. The molecule has 3 aromatic carbocycles. The highest BCUT2D eigenvalue weighted by Crippen LogP contribution is 2.23. The third-order valence-electron chi connectivity index (χ3n) is 5.61. The van der Waals surface area contributed by atoms with Crippen LogP contribution < -0.4 is 10.6 Å². The van der Waals surface area contributed by atoms with Gasteiger partial charge in [0.15, 0.2) is 0 Å². The molecule has 6 nitrogen and oxygen atoms in total. The maximum absolute atomic E-state index is 12.5. The first-order chi connectivity index (χ1) is 15.7. The number of carboxylic acids is 1. The number of rotatable bonds is 7. The number of nitrogens with one attached hydrogen (secondary N) is 2. The van der Waals surface area contributed by atoms with Gasteiger partial charge in [0.25, 0.3) is 11.8 Å². The van der Waals surface area contributed by atoms with Gasteiger partial charge in [-0.25, -0.2) is 4.79 Å². The van der Waals surface area contributed by atoms with E-state index in [0.29, 0.717) is 16.8 Å². The maximum atomic E-state index is 12.5. The van der Waals surface area contributed by atoms with Crippen molar-refractivity contribution < 1.29 is 19.5 Å². The summed E-state index contributed by atoms with van der Waals surface area (Å²) in [7, 11) is 0. The first-order valence-electron chi connectivity index (χ1n) is 10.8. The molecule has 0 saturated heterocycles. The van der Waals surface area contributed by atoms with E-state index in [4.69, 9.17) is 0 Å². The van der Waals surface area contributed by atoms with Crippen LogP contribution in [0.5, 0.6) is 0 Å². The molecule has 0 heterocycles. The second-order valence-corrected chi connectivity index (χ2v) is 8.44. The van der Waals surface area contributed by atoms with Crippen LogP contribution in [0.1, 0.15) is 45.7 Å². The van der Waals surface area contributed by atoms with Gasteiger partial charge < -0.3 is 15.7 Å². The van der Waals surface area contributed by atoms with Gasteiger partial charge in [0.05, 0.1) is 0 Å². The summed E-state index contributed by atoms with van der Waals surface area (Å²) in [6.07, 6.45) is 0. The van der Waals surface area contributed by atoms with E-state index in [1.54, 1.807) is 26.0 Å². The van der Waals surface area contributed by atoms with Crippen LogP contribution in [-0.2, 0) is 4.79 Å². The minimum Gasteiger partial charge on any atom is -0.480 e. The monoisotopic (exact) mass is 444 g/mol. The van der Waals surface area contributed by atoms with E-state index in [1.165, 1.54) is 0 Å². The SMILES string of the molecule is Cc1ccc(C(=O)Nc2ccc(-c3ccc(C(=O)N[C@@H](C(=O)O)C(C)C)cc3)cc2)cc1C.